The second kappa shape index (κ2) is 9.13. The molecule has 0 bridgehead atoms. The number of amides is 1. The molecule has 2 aromatic rings. The number of nitrogens with one attached hydrogen (secondary N) is 1. The van der Waals surface area contributed by atoms with E-state index < -0.39 is 0 Å². The van der Waals surface area contributed by atoms with E-state index in [2.05, 4.69) is 5.32 Å². The van der Waals surface area contributed by atoms with Gasteiger partial charge in [0, 0.05) is 22.6 Å². The lowest BCUT2D eigenvalue weighted by atomic mass is 10.1. The van der Waals surface area contributed by atoms with Crippen molar-refractivity contribution >= 4 is 29.1 Å². The van der Waals surface area contributed by atoms with Gasteiger partial charge in [-0.15, -0.1) is 11.8 Å². The zero-order chi connectivity index (χ0) is 17.4. The first kappa shape index (κ1) is 18.1. The van der Waals surface area contributed by atoms with Gasteiger partial charge in [0.1, 0.15) is 5.75 Å². The van der Waals surface area contributed by atoms with Gasteiger partial charge in [-0.25, -0.2) is 0 Å². The molecule has 5 heteroatoms. The molecule has 2 aromatic carbocycles. The van der Waals surface area contributed by atoms with Gasteiger partial charge in [0.2, 0.25) is 5.91 Å². The summed E-state index contributed by atoms with van der Waals surface area (Å²) in [7, 11) is 1.58. The summed E-state index contributed by atoms with van der Waals surface area (Å²) in [6, 6.07) is 14.7. The normalized spacial score (nSPS) is 10.2. The Morgan fingerprint density at radius 3 is 2.67 bits per heavy atom. The smallest absolute Gasteiger partial charge is 0.224 e. The second-order valence-electron chi connectivity index (χ2n) is 5.27. The highest BCUT2D eigenvalue weighted by Gasteiger charge is 2.08. The van der Waals surface area contributed by atoms with Crippen LogP contribution in [0.15, 0.2) is 53.4 Å². The number of anilines is 1. The number of thioether (sulfide) groups is 1. The Labute approximate surface area is 146 Å². The summed E-state index contributed by atoms with van der Waals surface area (Å²) < 4.78 is 5.14. The Morgan fingerprint density at radius 2 is 1.92 bits per heavy atom. The lowest BCUT2D eigenvalue weighted by molar-refractivity contribution is -0.116. The molecule has 126 valence electrons. The maximum Gasteiger partial charge on any atom is 0.224 e. The van der Waals surface area contributed by atoms with Crippen LogP contribution in [0.3, 0.4) is 0 Å². The van der Waals surface area contributed by atoms with Crippen LogP contribution in [0.4, 0.5) is 5.69 Å². The number of hydrogen-bond acceptors (Lipinski definition) is 4. The zero-order valence-corrected chi connectivity index (χ0v) is 14.7. The SMILES string of the molecule is CCCC(=O)Nc1cccc(SCC(=O)c2cccc(OC)c2)c1. The van der Waals surface area contributed by atoms with E-state index in [-0.39, 0.29) is 11.7 Å². The van der Waals surface area contributed by atoms with E-state index in [0.717, 1.165) is 17.0 Å². The van der Waals surface area contributed by atoms with Crippen LogP contribution in [0, 0.1) is 0 Å². The van der Waals surface area contributed by atoms with Crippen LogP contribution in [0.25, 0.3) is 0 Å². The molecular formula is C19H21NO3S. The molecule has 0 aliphatic rings. The molecule has 1 N–H and O–H groups in total. The Hall–Kier alpha value is -2.27. The van der Waals surface area contributed by atoms with Gasteiger partial charge in [-0.1, -0.05) is 25.1 Å². The molecule has 0 fully saturated rings. The van der Waals surface area contributed by atoms with E-state index in [1.165, 1.54) is 11.8 Å². The van der Waals surface area contributed by atoms with Gasteiger partial charge >= 0.3 is 0 Å². The first-order valence-electron chi connectivity index (χ1n) is 7.82. The summed E-state index contributed by atoms with van der Waals surface area (Å²) in [5.74, 6) is 1.05. The predicted octanol–water partition coefficient (Wildman–Crippen LogP) is 4.41. The molecule has 0 saturated carbocycles. The molecule has 0 aliphatic heterocycles. The molecule has 0 radical (unpaired) electrons. The van der Waals surface area contributed by atoms with Crippen molar-refractivity contribution in [1.82, 2.24) is 0 Å². The zero-order valence-electron chi connectivity index (χ0n) is 13.9. The van der Waals surface area contributed by atoms with E-state index >= 15 is 0 Å². The topological polar surface area (TPSA) is 55.4 Å². The van der Waals surface area contributed by atoms with Gasteiger partial charge < -0.3 is 10.1 Å². The maximum absolute atomic E-state index is 12.3. The number of methoxy groups -OCH3 is 1. The molecule has 0 atom stereocenters. The minimum absolute atomic E-state index is 0.00658. The molecule has 1 amide bonds. The summed E-state index contributed by atoms with van der Waals surface area (Å²) in [5, 5.41) is 2.86. The molecule has 0 aliphatic carbocycles. The Kier molecular flexibility index (Phi) is 6.88. The fourth-order valence-corrected chi connectivity index (χ4v) is 2.99. The van der Waals surface area contributed by atoms with Crippen molar-refractivity contribution in [3.05, 3.63) is 54.1 Å². The average molecular weight is 343 g/mol. The quantitative estimate of drug-likeness (QED) is 0.570. The highest BCUT2D eigenvalue weighted by molar-refractivity contribution is 8.00. The van der Waals surface area contributed by atoms with E-state index in [1.807, 2.05) is 37.3 Å². The molecule has 0 aromatic heterocycles. The lowest BCUT2D eigenvalue weighted by Gasteiger charge is -2.07. The second-order valence-corrected chi connectivity index (χ2v) is 6.32. The number of carbonyl (C=O) groups is 2. The fourth-order valence-electron chi connectivity index (χ4n) is 2.14. The van der Waals surface area contributed by atoms with Crippen LogP contribution < -0.4 is 10.1 Å². The van der Waals surface area contributed by atoms with Crippen molar-refractivity contribution in [2.24, 2.45) is 0 Å². The van der Waals surface area contributed by atoms with Gasteiger partial charge in [0.15, 0.2) is 5.78 Å². The first-order chi connectivity index (χ1) is 11.6. The molecule has 2 rings (SSSR count). The van der Waals surface area contributed by atoms with E-state index in [4.69, 9.17) is 4.74 Å². The summed E-state index contributed by atoms with van der Waals surface area (Å²) >= 11 is 1.45. The monoisotopic (exact) mass is 343 g/mol. The van der Waals surface area contributed by atoms with Crippen molar-refractivity contribution in [3.63, 3.8) is 0 Å². The minimum Gasteiger partial charge on any atom is -0.497 e. The van der Waals surface area contributed by atoms with Crippen molar-refractivity contribution < 1.29 is 14.3 Å². The van der Waals surface area contributed by atoms with Crippen LogP contribution in [0.5, 0.6) is 5.75 Å². The standard InChI is InChI=1S/C19H21NO3S/c1-3-6-19(22)20-15-8-5-10-17(12-15)24-13-18(21)14-7-4-9-16(11-14)23-2/h4-5,7-12H,3,6,13H2,1-2H3,(H,20,22). The molecule has 0 spiro atoms. The van der Waals surface area contributed by atoms with Gasteiger partial charge in [-0.05, 0) is 36.8 Å². The van der Waals surface area contributed by atoms with Crippen LogP contribution in [-0.4, -0.2) is 24.6 Å². The largest absolute Gasteiger partial charge is 0.497 e. The van der Waals surface area contributed by atoms with Crippen molar-refractivity contribution in [2.75, 3.05) is 18.2 Å². The highest BCUT2D eigenvalue weighted by atomic mass is 32.2. The van der Waals surface area contributed by atoms with Crippen molar-refractivity contribution in [3.8, 4) is 5.75 Å². The highest BCUT2D eigenvalue weighted by Crippen LogP contribution is 2.23. The van der Waals surface area contributed by atoms with E-state index in [9.17, 15) is 9.59 Å². The predicted molar refractivity (Wildman–Crippen MR) is 98.0 cm³/mol. The van der Waals surface area contributed by atoms with Gasteiger partial charge in [0.25, 0.3) is 0 Å². The van der Waals surface area contributed by atoms with Crippen LogP contribution in [0.1, 0.15) is 30.1 Å². The number of hydrogen-bond donors (Lipinski definition) is 1. The maximum atomic E-state index is 12.3. The third kappa shape index (κ3) is 5.42. The van der Waals surface area contributed by atoms with E-state index in [0.29, 0.717) is 23.5 Å². The summed E-state index contributed by atoms with van der Waals surface area (Å²) in [5.41, 5.74) is 1.39. The van der Waals surface area contributed by atoms with Crippen molar-refractivity contribution in [2.45, 2.75) is 24.7 Å². The summed E-state index contributed by atoms with van der Waals surface area (Å²) in [6.07, 6.45) is 1.32. The number of Topliss-reactive ketones (excluding diaryl/α,β-unsaturated/α-hetero) is 1. The third-order valence-electron chi connectivity index (χ3n) is 3.36. The van der Waals surface area contributed by atoms with Crippen LogP contribution in [0.2, 0.25) is 0 Å². The Balaban J connectivity index is 1.96. The summed E-state index contributed by atoms with van der Waals surface area (Å²) in [6.45, 7) is 1.97. The molecule has 4 nitrogen and oxygen atoms in total. The van der Waals surface area contributed by atoms with Gasteiger partial charge in [0.05, 0.1) is 12.9 Å². The average Bonchev–Trinajstić information content (AvgIpc) is 2.60. The number of benzene rings is 2. The Bertz CT molecular complexity index is 715. The molecule has 0 unspecified atom stereocenters. The molecular weight excluding hydrogens is 322 g/mol. The molecule has 0 saturated heterocycles. The molecule has 24 heavy (non-hydrogen) atoms. The van der Waals surface area contributed by atoms with Crippen LogP contribution in [-0.2, 0) is 4.79 Å². The lowest BCUT2D eigenvalue weighted by Crippen LogP contribution is -2.10. The number of ketones is 1. The number of ether oxygens (including phenoxy) is 1. The minimum atomic E-state index is 0.00658. The first-order valence-corrected chi connectivity index (χ1v) is 8.81. The molecule has 0 heterocycles. The third-order valence-corrected chi connectivity index (χ3v) is 4.35. The van der Waals surface area contributed by atoms with Crippen molar-refractivity contribution in [1.29, 1.82) is 0 Å². The van der Waals surface area contributed by atoms with E-state index in [1.54, 1.807) is 25.3 Å². The Morgan fingerprint density at radius 1 is 1.12 bits per heavy atom. The number of carbonyl (C=O) groups excluding carboxylic acids is 2. The van der Waals surface area contributed by atoms with Gasteiger partial charge in [-0.2, -0.15) is 0 Å². The van der Waals surface area contributed by atoms with Gasteiger partial charge in [-0.3, -0.25) is 9.59 Å². The fraction of sp³-hybridized carbons (Fsp3) is 0.263. The summed E-state index contributed by atoms with van der Waals surface area (Å²) in [4.78, 5) is 24.9. The number of rotatable bonds is 8. The van der Waals surface area contributed by atoms with Crippen LogP contribution >= 0.6 is 11.8 Å².